The van der Waals surface area contributed by atoms with Crippen molar-refractivity contribution in [3.8, 4) is 0 Å². The molecule has 124 valence electrons. The molecule has 2 unspecified atom stereocenters. The van der Waals surface area contributed by atoms with E-state index >= 15 is 0 Å². The van der Waals surface area contributed by atoms with Crippen molar-refractivity contribution >= 4 is 5.97 Å². The normalized spacial score (nSPS) is 25.6. The Bertz CT molecular complexity index is 303. The van der Waals surface area contributed by atoms with E-state index in [4.69, 9.17) is 0 Å². The fraction of sp³-hybridized carbons (Fsp3) is 0.941. The van der Waals surface area contributed by atoms with E-state index in [1.165, 1.54) is 12.8 Å². The van der Waals surface area contributed by atoms with Gasteiger partial charge in [-0.1, -0.05) is 27.2 Å². The molecule has 1 fully saturated rings. The van der Waals surface area contributed by atoms with Crippen LogP contribution in [0.15, 0.2) is 0 Å². The van der Waals surface area contributed by atoms with E-state index in [1.807, 2.05) is 0 Å². The van der Waals surface area contributed by atoms with Gasteiger partial charge >= 0.3 is 5.97 Å². The van der Waals surface area contributed by atoms with E-state index in [0.717, 1.165) is 58.3 Å². The van der Waals surface area contributed by atoms with Gasteiger partial charge in [0.2, 0.25) is 0 Å². The van der Waals surface area contributed by atoms with Crippen LogP contribution in [-0.4, -0.2) is 47.7 Å². The molecule has 2 N–H and O–H groups in total. The van der Waals surface area contributed by atoms with Gasteiger partial charge in [0.25, 0.3) is 0 Å². The van der Waals surface area contributed by atoms with E-state index < -0.39 is 11.5 Å². The number of carboxylic acids is 1. The number of rotatable bonds is 11. The molecule has 0 aromatic carbocycles. The predicted octanol–water partition coefficient (Wildman–Crippen LogP) is 3.12. The van der Waals surface area contributed by atoms with Gasteiger partial charge in [0.05, 0.1) is 0 Å². The molecular formula is C17H34N2O2. The van der Waals surface area contributed by atoms with E-state index in [1.54, 1.807) is 0 Å². The lowest BCUT2D eigenvalue weighted by Gasteiger charge is -2.34. The smallest absolute Gasteiger partial charge is 0.324 e. The second-order valence-corrected chi connectivity index (χ2v) is 6.42. The molecule has 2 atom stereocenters. The topological polar surface area (TPSA) is 52.6 Å². The van der Waals surface area contributed by atoms with Gasteiger partial charge in [0.15, 0.2) is 0 Å². The molecule has 0 bridgehead atoms. The molecule has 0 aromatic heterocycles. The Morgan fingerprint density at radius 2 is 1.86 bits per heavy atom. The van der Waals surface area contributed by atoms with Crippen LogP contribution in [0.25, 0.3) is 0 Å². The Balaban J connectivity index is 2.63. The summed E-state index contributed by atoms with van der Waals surface area (Å²) < 4.78 is 0. The summed E-state index contributed by atoms with van der Waals surface area (Å²) >= 11 is 0. The van der Waals surface area contributed by atoms with Crippen LogP contribution in [0.1, 0.15) is 65.7 Å². The second-order valence-electron chi connectivity index (χ2n) is 6.42. The molecule has 4 nitrogen and oxygen atoms in total. The predicted molar refractivity (Wildman–Crippen MR) is 87.6 cm³/mol. The minimum absolute atomic E-state index is 0.276. The van der Waals surface area contributed by atoms with Crippen LogP contribution >= 0.6 is 0 Å². The zero-order chi connectivity index (χ0) is 15.7. The van der Waals surface area contributed by atoms with Crippen LogP contribution in [-0.2, 0) is 4.79 Å². The van der Waals surface area contributed by atoms with Crippen LogP contribution < -0.4 is 5.32 Å². The lowest BCUT2D eigenvalue weighted by atomic mass is 9.84. The third kappa shape index (κ3) is 4.96. The average molecular weight is 298 g/mol. The van der Waals surface area contributed by atoms with Gasteiger partial charge in [0.1, 0.15) is 5.54 Å². The molecule has 0 saturated heterocycles. The molecule has 0 heterocycles. The Morgan fingerprint density at radius 1 is 1.19 bits per heavy atom. The number of hydrogen-bond acceptors (Lipinski definition) is 3. The first-order valence-corrected chi connectivity index (χ1v) is 8.81. The highest BCUT2D eigenvalue weighted by atomic mass is 16.4. The van der Waals surface area contributed by atoms with Gasteiger partial charge in [0, 0.05) is 0 Å². The largest absolute Gasteiger partial charge is 0.480 e. The maximum absolute atomic E-state index is 11.9. The first kappa shape index (κ1) is 18.4. The Hall–Kier alpha value is -0.610. The van der Waals surface area contributed by atoms with E-state index in [2.05, 4.69) is 31.0 Å². The van der Waals surface area contributed by atoms with Crippen LogP contribution in [0, 0.1) is 5.92 Å². The molecule has 0 spiro atoms. The second kappa shape index (κ2) is 9.42. The zero-order valence-electron chi connectivity index (χ0n) is 14.2. The highest BCUT2D eigenvalue weighted by molar-refractivity contribution is 5.79. The van der Waals surface area contributed by atoms with Crippen LogP contribution in [0.5, 0.6) is 0 Å². The fourth-order valence-corrected chi connectivity index (χ4v) is 3.71. The van der Waals surface area contributed by atoms with Gasteiger partial charge in [-0.15, -0.1) is 0 Å². The molecule has 0 amide bonds. The van der Waals surface area contributed by atoms with Crippen molar-refractivity contribution in [1.82, 2.24) is 10.2 Å². The number of nitrogens with zero attached hydrogens (tertiary/aromatic N) is 1. The average Bonchev–Trinajstić information content (AvgIpc) is 2.87. The molecule has 1 saturated carbocycles. The van der Waals surface area contributed by atoms with Crippen molar-refractivity contribution in [1.29, 1.82) is 0 Å². The maximum atomic E-state index is 11.9. The standard InChI is InChI=1S/C17H34N2O2/c1-4-11-18-17(16(20)21)10-7-8-15(17)9-14-19(12-5-2)13-6-3/h15,18H,4-14H2,1-3H3,(H,20,21). The number of carboxylic acid groups (broad SMARTS) is 1. The van der Waals surface area contributed by atoms with Crippen LogP contribution in [0.3, 0.4) is 0 Å². The highest BCUT2D eigenvalue weighted by Gasteiger charge is 2.48. The van der Waals surface area contributed by atoms with Gasteiger partial charge in [-0.25, -0.2) is 0 Å². The Kier molecular flexibility index (Phi) is 8.27. The molecule has 0 radical (unpaired) electrons. The minimum atomic E-state index is -0.667. The summed E-state index contributed by atoms with van der Waals surface area (Å²) in [5.74, 6) is -0.367. The summed E-state index contributed by atoms with van der Waals surface area (Å²) in [6, 6.07) is 0. The Morgan fingerprint density at radius 3 is 2.38 bits per heavy atom. The van der Waals surface area contributed by atoms with E-state index in [0.29, 0.717) is 0 Å². The summed E-state index contributed by atoms with van der Waals surface area (Å²) in [6.07, 6.45) is 7.20. The van der Waals surface area contributed by atoms with Crippen molar-refractivity contribution in [2.24, 2.45) is 5.92 Å². The third-order valence-corrected chi connectivity index (χ3v) is 4.77. The number of nitrogens with one attached hydrogen (secondary N) is 1. The van der Waals surface area contributed by atoms with E-state index in [9.17, 15) is 9.90 Å². The highest BCUT2D eigenvalue weighted by Crippen LogP contribution is 2.38. The monoisotopic (exact) mass is 298 g/mol. The summed E-state index contributed by atoms with van der Waals surface area (Å²) in [5.41, 5.74) is -0.667. The van der Waals surface area contributed by atoms with Crippen LogP contribution in [0.2, 0.25) is 0 Å². The molecule has 1 aliphatic carbocycles. The van der Waals surface area contributed by atoms with Crippen LogP contribution in [0.4, 0.5) is 0 Å². The Labute approximate surface area is 130 Å². The van der Waals surface area contributed by atoms with Gasteiger partial charge < -0.3 is 15.3 Å². The van der Waals surface area contributed by atoms with Crippen molar-refractivity contribution in [3.63, 3.8) is 0 Å². The van der Waals surface area contributed by atoms with Crippen molar-refractivity contribution in [2.45, 2.75) is 71.3 Å². The SMILES string of the molecule is CCCNC1(C(=O)O)CCCC1CCN(CCC)CCC. The van der Waals surface area contributed by atoms with Crippen molar-refractivity contribution in [2.75, 3.05) is 26.2 Å². The number of aliphatic carboxylic acids is 1. The van der Waals surface area contributed by atoms with Crippen molar-refractivity contribution in [3.05, 3.63) is 0 Å². The van der Waals surface area contributed by atoms with Gasteiger partial charge in [-0.05, 0) is 70.6 Å². The summed E-state index contributed by atoms with van der Waals surface area (Å²) in [7, 11) is 0. The lowest BCUT2D eigenvalue weighted by Crippen LogP contribution is -2.55. The van der Waals surface area contributed by atoms with Crippen molar-refractivity contribution < 1.29 is 9.90 Å². The third-order valence-electron chi connectivity index (χ3n) is 4.77. The number of carbonyl (C=O) groups is 1. The maximum Gasteiger partial charge on any atom is 0.324 e. The molecule has 4 heteroatoms. The first-order chi connectivity index (χ1) is 10.1. The molecule has 1 rings (SSSR count). The minimum Gasteiger partial charge on any atom is -0.480 e. The quantitative estimate of drug-likeness (QED) is 0.615. The zero-order valence-corrected chi connectivity index (χ0v) is 14.2. The van der Waals surface area contributed by atoms with E-state index in [-0.39, 0.29) is 5.92 Å². The lowest BCUT2D eigenvalue weighted by molar-refractivity contribution is -0.146. The number of hydrogen-bond donors (Lipinski definition) is 2. The molecule has 0 aromatic rings. The molecule has 1 aliphatic rings. The molecular weight excluding hydrogens is 264 g/mol. The first-order valence-electron chi connectivity index (χ1n) is 8.81. The summed E-state index contributed by atoms with van der Waals surface area (Å²) in [6.45, 7) is 10.6. The summed E-state index contributed by atoms with van der Waals surface area (Å²) in [4.78, 5) is 14.4. The molecule has 0 aliphatic heterocycles. The summed E-state index contributed by atoms with van der Waals surface area (Å²) in [5, 5.41) is 13.1. The molecule has 21 heavy (non-hydrogen) atoms. The van der Waals surface area contributed by atoms with Gasteiger partial charge in [-0.2, -0.15) is 0 Å². The fourth-order valence-electron chi connectivity index (χ4n) is 3.71. The van der Waals surface area contributed by atoms with Gasteiger partial charge in [-0.3, -0.25) is 4.79 Å².